The van der Waals surface area contributed by atoms with Crippen LogP contribution in [0.25, 0.3) is 10.9 Å². The first kappa shape index (κ1) is 10.7. The highest BCUT2D eigenvalue weighted by molar-refractivity contribution is 5.93. The summed E-state index contributed by atoms with van der Waals surface area (Å²) >= 11 is 0. The fourth-order valence-corrected chi connectivity index (χ4v) is 1.41. The standard InChI is InChI=1S/C12H15N3O/c1-12(2,3)15-14-10-8-6-4-5-7-9(8)13-11(10)16/h4-7,13,16H,1-3H3. The van der Waals surface area contributed by atoms with Crippen molar-refractivity contribution < 1.29 is 5.11 Å². The van der Waals surface area contributed by atoms with E-state index in [2.05, 4.69) is 15.2 Å². The highest BCUT2D eigenvalue weighted by Gasteiger charge is 2.12. The number of nitrogens with one attached hydrogen (secondary N) is 1. The zero-order valence-electron chi connectivity index (χ0n) is 9.65. The molecule has 0 aliphatic rings. The average Bonchev–Trinajstić information content (AvgIpc) is 2.49. The van der Waals surface area contributed by atoms with E-state index in [-0.39, 0.29) is 11.4 Å². The van der Waals surface area contributed by atoms with Crippen molar-refractivity contribution in [2.24, 2.45) is 10.2 Å². The lowest BCUT2D eigenvalue weighted by atomic mass is 10.1. The van der Waals surface area contributed by atoms with Crippen LogP contribution in [0.1, 0.15) is 20.8 Å². The smallest absolute Gasteiger partial charge is 0.218 e. The summed E-state index contributed by atoms with van der Waals surface area (Å²) in [6, 6.07) is 7.61. The Bertz CT molecular complexity index is 535. The first-order valence-electron chi connectivity index (χ1n) is 5.20. The molecule has 0 bridgehead atoms. The summed E-state index contributed by atoms with van der Waals surface area (Å²) in [7, 11) is 0. The molecule has 2 rings (SSSR count). The molecule has 1 heterocycles. The van der Waals surface area contributed by atoms with Gasteiger partial charge in [-0.05, 0) is 26.8 Å². The van der Waals surface area contributed by atoms with E-state index in [1.165, 1.54) is 0 Å². The third-order valence-corrected chi connectivity index (χ3v) is 2.11. The van der Waals surface area contributed by atoms with Crippen LogP contribution in [0.15, 0.2) is 34.5 Å². The molecule has 0 saturated carbocycles. The Morgan fingerprint density at radius 3 is 2.56 bits per heavy atom. The highest BCUT2D eigenvalue weighted by atomic mass is 16.3. The van der Waals surface area contributed by atoms with Crippen molar-refractivity contribution in [3.05, 3.63) is 24.3 Å². The number of para-hydroxylation sites is 1. The molecule has 0 aliphatic carbocycles. The molecule has 16 heavy (non-hydrogen) atoms. The second kappa shape index (κ2) is 3.63. The van der Waals surface area contributed by atoms with Crippen LogP contribution in [0.2, 0.25) is 0 Å². The molecule has 2 aromatic rings. The molecule has 2 N–H and O–H groups in total. The van der Waals surface area contributed by atoms with E-state index in [0.717, 1.165) is 10.9 Å². The minimum atomic E-state index is -0.245. The van der Waals surface area contributed by atoms with Gasteiger partial charge < -0.3 is 10.1 Å². The molecule has 0 fully saturated rings. The summed E-state index contributed by atoms with van der Waals surface area (Å²) in [5.74, 6) is 0.0641. The van der Waals surface area contributed by atoms with E-state index < -0.39 is 0 Å². The van der Waals surface area contributed by atoms with Gasteiger partial charge in [-0.3, -0.25) is 0 Å². The second-order valence-electron chi connectivity index (χ2n) is 4.74. The molecule has 4 nitrogen and oxygen atoms in total. The van der Waals surface area contributed by atoms with Gasteiger partial charge >= 0.3 is 0 Å². The summed E-state index contributed by atoms with van der Waals surface area (Å²) in [6.45, 7) is 5.88. The molecule has 1 aromatic carbocycles. The molecule has 0 saturated heterocycles. The summed E-state index contributed by atoms with van der Waals surface area (Å²) in [6.07, 6.45) is 0. The van der Waals surface area contributed by atoms with Gasteiger partial charge in [-0.15, -0.1) is 5.11 Å². The predicted octanol–water partition coefficient (Wildman–Crippen LogP) is 3.76. The first-order valence-corrected chi connectivity index (χ1v) is 5.20. The molecule has 0 unspecified atom stereocenters. The van der Waals surface area contributed by atoms with Gasteiger partial charge in [0.05, 0.1) is 11.1 Å². The summed E-state index contributed by atoms with van der Waals surface area (Å²) in [5.41, 5.74) is 1.12. The quantitative estimate of drug-likeness (QED) is 0.702. The van der Waals surface area contributed by atoms with Gasteiger partial charge in [-0.1, -0.05) is 18.2 Å². The summed E-state index contributed by atoms with van der Waals surface area (Å²) in [4.78, 5) is 2.87. The molecular weight excluding hydrogens is 202 g/mol. The molecule has 1 aromatic heterocycles. The van der Waals surface area contributed by atoms with Crippen LogP contribution in [-0.2, 0) is 0 Å². The number of benzene rings is 1. The van der Waals surface area contributed by atoms with E-state index in [4.69, 9.17) is 0 Å². The number of hydrogen-bond donors (Lipinski definition) is 2. The molecule has 4 heteroatoms. The van der Waals surface area contributed by atoms with Gasteiger partial charge in [0.1, 0.15) is 0 Å². The lowest BCUT2D eigenvalue weighted by molar-refractivity contribution is 0.458. The molecule has 0 radical (unpaired) electrons. The molecule has 0 atom stereocenters. The van der Waals surface area contributed by atoms with Gasteiger partial charge in [0.25, 0.3) is 0 Å². The Morgan fingerprint density at radius 2 is 1.88 bits per heavy atom. The lowest BCUT2D eigenvalue weighted by Crippen LogP contribution is -2.07. The zero-order chi connectivity index (χ0) is 11.8. The van der Waals surface area contributed by atoms with Crippen LogP contribution in [0.3, 0.4) is 0 Å². The minimum absolute atomic E-state index is 0.0641. The van der Waals surface area contributed by atoms with E-state index in [1.54, 1.807) is 0 Å². The van der Waals surface area contributed by atoms with Crippen LogP contribution in [-0.4, -0.2) is 15.6 Å². The number of aromatic nitrogens is 1. The van der Waals surface area contributed by atoms with Gasteiger partial charge in [0.15, 0.2) is 5.69 Å². The number of azo groups is 1. The van der Waals surface area contributed by atoms with Crippen molar-refractivity contribution in [1.29, 1.82) is 0 Å². The lowest BCUT2D eigenvalue weighted by Gasteiger charge is -2.08. The average molecular weight is 217 g/mol. The van der Waals surface area contributed by atoms with E-state index >= 15 is 0 Å². The van der Waals surface area contributed by atoms with E-state index in [0.29, 0.717) is 5.69 Å². The van der Waals surface area contributed by atoms with Crippen molar-refractivity contribution >= 4 is 16.6 Å². The Morgan fingerprint density at radius 1 is 1.19 bits per heavy atom. The highest BCUT2D eigenvalue weighted by Crippen LogP contribution is 2.35. The number of fused-ring (bicyclic) bond motifs is 1. The number of hydrogen-bond acceptors (Lipinski definition) is 3. The fraction of sp³-hybridized carbons (Fsp3) is 0.333. The number of nitrogens with zero attached hydrogens (tertiary/aromatic N) is 2. The van der Waals surface area contributed by atoms with Crippen LogP contribution in [0, 0.1) is 0 Å². The largest absolute Gasteiger partial charge is 0.493 e. The molecule has 0 amide bonds. The Kier molecular flexibility index (Phi) is 2.42. The van der Waals surface area contributed by atoms with Crippen LogP contribution >= 0.6 is 0 Å². The van der Waals surface area contributed by atoms with Crippen molar-refractivity contribution in [2.75, 3.05) is 0 Å². The maximum Gasteiger partial charge on any atom is 0.218 e. The topological polar surface area (TPSA) is 60.7 Å². The van der Waals surface area contributed by atoms with Crippen molar-refractivity contribution in [3.8, 4) is 5.88 Å². The van der Waals surface area contributed by atoms with Crippen molar-refractivity contribution in [3.63, 3.8) is 0 Å². The fourth-order valence-electron chi connectivity index (χ4n) is 1.41. The summed E-state index contributed by atoms with van der Waals surface area (Å²) < 4.78 is 0. The van der Waals surface area contributed by atoms with Crippen LogP contribution < -0.4 is 0 Å². The molecule has 0 aliphatic heterocycles. The summed E-state index contributed by atoms with van der Waals surface area (Å²) in [5, 5.41) is 18.9. The SMILES string of the molecule is CC(C)(C)N=Nc1c(O)[nH]c2ccccc12. The molecule has 84 valence electrons. The number of H-pyrrole nitrogens is 1. The van der Waals surface area contributed by atoms with Crippen LogP contribution in [0.5, 0.6) is 5.88 Å². The van der Waals surface area contributed by atoms with E-state index in [1.807, 2.05) is 45.0 Å². The maximum atomic E-state index is 9.72. The first-order chi connectivity index (χ1) is 7.47. The Balaban J connectivity index is 2.52. The van der Waals surface area contributed by atoms with Gasteiger partial charge in [-0.25, -0.2) is 0 Å². The van der Waals surface area contributed by atoms with Crippen LogP contribution in [0.4, 0.5) is 5.69 Å². The van der Waals surface area contributed by atoms with Crippen molar-refractivity contribution in [1.82, 2.24) is 4.98 Å². The Hall–Kier alpha value is -1.84. The maximum absolute atomic E-state index is 9.72. The third-order valence-electron chi connectivity index (χ3n) is 2.11. The number of aromatic hydroxyl groups is 1. The van der Waals surface area contributed by atoms with Gasteiger partial charge in [-0.2, -0.15) is 5.11 Å². The molecular formula is C12H15N3O. The molecule has 0 spiro atoms. The van der Waals surface area contributed by atoms with E-state index in [9.17, 15) is 5.11 Å². The Labute approximate surface area is 94.0 Å². The monoisotopic (exact) mass is 217 g/mol. The third kappa shape index (κ3) is 2.05. The normalized spacial score (nSPS) is 12.7. The number of rotatable bonds is 1. The van der Waals surface area contributed by atoms with Crippen molar-refractivity contribution in [2.45, 2.75) is 26.3 Å². The second-order valence-corrected chi connectivity index (χ2v) is 4.74. The zero-order valence-corrected chi connectivity index (χ0v) is 9.65. The van der Waals surface area contributed by atoms with Gasteiger partial charge in [0.2, 0.25) is 5.88 Å². The van der Waals surface area contributed by atoms with Gasteiger partial charge in [0, 0.05) is 5.39 Å². The minimum Gasteiger partial charge on any atom is -0.493 e. The number of aromatic amines is 1. The predicted molar refractivity (Wildman–Crippen MR) is 64.2 cm³/mol.